The Bertz CT molecular complexity index is 637. The summed E-state index contributed by atoms with van der Waals surface area (Å²) in [4.78, 5) is 14.4. The van der Waals surface area contributed by atoms with E-state index in [9.17, 15) is 4.79 Å². The molecule has 0 aliphatic carbocycles. The van der Waals surface area contributed by atoms with E-state index in [1.165, 1.54) is 5.56 Å². The van der Waals surface area contributed by atoms with Crippen molar-refractivity contribution >= 4 is 5.91 Å². The molecule has 0 radical (unpaired) electrons. The molecule has 116 valence electrons. The first-order chi connectivity index (χ1) is 10.6. The molecule has 2 heterocycles. The summed E-state index contributed by atoms with van der Waals surface area (Å²) in [6.45, 7) is 1.52. The zero-order valence-corrected chi connectivity index (χ0v) is 12.9. The Hall–Kier alpha value is -2.14. The van der Waals surface area contributed by atoms with Crippen LogP contribution < -0.4 is 5.73 Å². The first-order valence-electron chi connectivity index (χ1n) is 7.70. The Labute approximate surface area is 130 Å². The number of nitrogens with two attached hydrogens (primary N) is 1. The summed E-state index contributed by atoms with van der Waals surface area (Å²) in [7, 11) is 1.91. The molecule has 1 amide bonds. The van der Waals surface area contributed by atoms with Crippen molar-refractivity contribution in [3.05, 3.63) is 53.9 Å². The maximum atomic E-state index is 12.5. The van der Waals surface area contributed by atoms with Crippen molar-refractivity contribution in [3.63, 3.8) is 0 Å². The highest BCUT2D eigenvalue weighted by Gasteiger charge is 2.30. The Kier molecular flexibility index (Phi) is 4.24. The van der Waals surface area contributed by atoms with Gasteiger partial charge in [-0.15, -0.1) is 0 Å². The number of likely N-dealkylation sites (tertiary alicyclic amines) is 1. The zero-order valence-electron chi connectivity index (χ0n) is 12.9. The van der Waals surface area contributed by atoms with E-state index in [0.717, 1.165) is 25.1 Å². The lowest BCUT2D eigenvalue weighted by atomic mass is 10.0. The van der Waals surface area contributed by atoms with E-state index in [1.54, 1.807) is 4.68 Å². The van der Waals surface area contributed by atoms with E-state index in [4.69, 9.17) is 5.73 Å². The number of nitrogens with zero attached hydrogens (tertiary/aromatic N) is 3. The molecular formula is C17H22N4O. The van der Waals surface area contributed by atoms with Crippen LogP contribution in [0.15, 0.2) is 42.7 Å². The number of rotatable bonds is 4. The van der Waals surface area contributed by atoms with Crippen molar-refractivity contribution in [3.8, 4) is 0 Å². The van der Waals surface area contributed by atoms with Crippen molar-refractivity contribution in [2.45, 2.75) is 24.8 Å². The predicted octanol–water partition coefficient (Wildman–Crippen LogP) is 1.31. The lowest BCUT2D eigenvalue weighted by Crippen LogP contribution is -2.43. The summed E-state index contributed by atoms with van der Waals surface area (Å²) in [5.41, 5.74) is 8.42. The van der Waals surface area contributed by atoms with Crippen LogP contribution in [-0.4, -0.2) is 39.7 Å². The molecule has 0 bridgehead atoms. The normalized spacial score (nSPS) is 19.4. The van der Waals surface area contributed by atoms with E-state index in [0.29, 0.717) is 12.3 Å². The molecular weight excluding hydrogens is 276 g/mol. The number of carbonyl (C=O) groups excluding carboxylic acids is 1. The molecule has 2 N–H and O–H groups in total. The number of benzene rings is 1. The van der Waals surface area contributed by atoms with Gasteiger partial charge in [0.25, 0.3) is 0 Å². The minimum atomic E-state index is -0.463. The Morgan fingerprint density at radius 2 is 2.18 bits per heavy atom. The number of hydrogen-bond donors (Lipinski definition) is 1. The summed E-state index contributed by atoms with van der Waals surface area (Å²) >= 11 is 0. The second-order valence-electron chi connectivity index (χ2n) is 6.01. The van der Waals surface area contributed by atoms with Gasteiger partial charge in [-0.3, -0.25) is 9.48 Å². The SMILES string of the molecule is Cn1cc(C2CCN(C(=O)C(N)Cc3ccccc3)C2)cn1. The molecule has 3 rings (SSSR count). The van der Waals surface area contributed by atoms with Gasteiger partial charge in [-0.05, 0) is 24.0 Å². The van der Waals surface area contributed by atoms with Gasteiger partial charge in [-0.1, -0.05) is 30.3 Å². The van der Waals surface area contributed by atoms with E-state index >= 15 is 0 Å². The van der Waals surface area contributed by atoms with Crippen molar-refractivity contribution < 1.29 is 4.79 Å². The molecule has 1 fully saturated rings. The maximum absolute atomic E-state index is 12.5. The van der Waals surface area contributed by atoms with Crippen molar-refractivity contribution in [2.75, 3.05) is 13.1 Å². The summed E-state index contributed by atoms with van der Waals surface area (Å²) in [5, 5.41) is 4.21. The smallest absolute Gasteiger partial charge is 0.239 e. The molecule has 2 aromatic rings. The molecule has 1 saturated heterocycles. The highest BCUT2D eigenvalue weighted by Crippen LogP contribution is 2.27. The van der Waals surface area contributed by atoms with E-state index in [-0.39, 0.29) is 5.91 Å². The Morgan fingerprint density at radius 1 is 1.41 bits per heavy atom. The highest BCUT2D eigenvalue weighted by molar-refractivity contribution is 5.82. The van der Waals surface area contributed by atoms with Gasteiger partial charge in [0.1, 0.15) is 0 Å². The standard InChI is InChI=1S/C17H22N4O/c1-20-11-15(10-19-20)14-7-8-21(12-14)17(22)16(18)9-13-5-3-2-4-6-13/h2-6,10-11,14,16H,7-9,12,18H2,1H3. The minimum absolute atomic E-state index is 0.0512. The molecule has 1 aliphatic rings. The number of hydrogen-bond acceptors (Lipinski definition) is 3. The van der Waals surface area contributed by atoms with Crippen LogP contribution in [0.5, 0.6) is 0 Å². The van der Waals surface area contributed by atoms with Crippen LogP contribution in [-0.2, 0) is 18.3 Å². The van der Waals surface area contributed by atoms with Crippen LogP contribution >= 0.6 is 0 Å². The number of aryl methyl sites for hydroxylation is 1. The van der Waals surface area contributed by atoms with Gasteiger partial charge in [0.05, 0.1) is 12.2 Å². The summed E-state index contributed by atoms with van der Waals surface area (Å²) < 4.78 is 1.81. The Morgan fingerprint density at radius 3 is 2.86 bits per heavy atom. The predicted molar refractivity (Wildman–Crippen MR) is 85.3 cm³/mol. The fourth-order valence-corrected chi connectivity index (χ4v) is 3.07. The van der Waals surface area contributed by atoms with E-state index in [2.05, 4.69) is 5.10 Å². The second kappa shape index (κ2) is 6.32. The molecule has 1 aromatic carbocycles. The molecule has 5 heteroatoms. The molecule has 0 spiro atoms. The topological polar surface area (TPSA) is 64.2 Å². The van der Waals surface area contributed by atoms with Crippen LogP contribution in [0.1, 0.15) is 23.5 Å². The zero-order chi connectivity index (χ0) is 15.5. The summed E-state index contributed by atoms with van der Waals surface area (Å²) in [5.74, 6) is 0.428. The van der Waals surface area contributed by atoms with Crippen molar-refractivity contribution in [1.29, 1.82) is 0 Å². The summed E-state index contributed by atoms with van der Waals surface area (Å²) in [6, 6.07) is 9.47. The number of carbonyl (C=O) groups is 1. The minimum Gasteiger partial charge on any atom is -0.341 e. The fourth-order valence-electron chi connectivity index (χ4n) is 3.07. The molecule has 2 unspecified atom stereocenters. The summed E-state index contributed by atoms with van der Waals surface area (Å²) in [6.07, 6.45) is 5.49. The molecule has 2 atom stereocenters. The Balaban J connectivity index is 1.59. The van der Waals surface area contributed by atoms with Gasteiger partial charge < -0.3 is 10.6 Å². The van der Waals surface area contributed by atoms with Crippen LogP contribution in [0.25, 0.3) is 0 Å². The fraction of sp³-hybridized carbons (Fsp3) is 0.412. The van der Waals surface area contributed by atoms with Gasteiger partial charge in [-0.2, -0.15) is 5.10 Å². The van der Waals surface area contributed by atoms with Gasteiger partial charge in [0.15, 0.2) is 0 Å². The van der Waals surface area contributed by atoms with Crippen LogP contribution in [0.3, 0.4) is 0 Å². The van der Waals surface area contributed by atoms with Crippen molar-refractivity contribution in [2.24, 2.45) is 12.8 Å². The van der Waals surface area contributed by atoms with Gasteiger partial charge in [0, 0.05) is 32.3 Å². The average Bonchev–Trinajstić information content (AvgIpc) is 3.16. The maximum Gasteiger partial charge on any atom is 0.239 e. The molecule has 1 aromatic heterocycles. The second-order valence-corrected chi connectivity index (χ2v) is 6.01. The van der Waals surface area contributed by atoms with Gasteiger partial charge in [-0.25, -0.2) is 0 Å². The molecule has 1 aliphatic heterocycles. The molecule has 0 saturated carbocycles. The average molecular weight is 298 g/mol. The molecule has 22 heavy (non-hydrogen) atoms. The largest absolute Gasteiger partial charge is 0.341 e. The van der Waals surface area contributed by atoms with Crippen LogP contribution in [0.2, 0.25) is 0 Å². The lowest BCUT2D eigenvalue weighted by Gasteiger charge is -2.21. The van der Waals surface area contributed by atoms with Crippen LogP contribution in [0.4, 0.5) is 0 Å². The van der Waals surface area contributed by atoms with E-state index < -0.39 is 6.04 Å². The highest BCUT2D eigenvalue weighted by atomic mass is 16.2. The third kappa shape index (κ3) is 3.20. The number of aromatic nitrogens is 2. The van der Waals surface area contributed by atoms with Gasteiger partial charge >= 0.3 is 0 Å². The quantitative estimate of drug-likeness (QED) is 0.925. The number of amides is 1. The van der Waals surface area contributed by atoms with Gasteiger partial charge in [0.2, 0.25) is 5.91 Å². The first-order valence-corrected chi connectivity index (χ1v) is 7.70. The monoisotopic (exact) mass is 298 g/mol. The first kappa shape index (κ1) is 14.8. The van der Waals surface area contributed by atoms with Crippen LogP contribution in [0, 0.1) is 0 Å². The van der Waals surface area contributed by atoms with Crippen molar-refractivity contribution in [1.82, 2.24) is 14.7 Å². The lowest BCUT2D eigenvalue weighted by molar-refractivity contribution is -0.131. The molecule has 5 nitrogen and oxygen atoms in total. The third-order valence-corrected chi connectivity index (χ3v) is 4.31. The van der Waals surface area contributed by atoms with E-state index in [1.807, 2.05) is 54.7 Å². The third-order valence-electron chi connectivity index (χ3n) is 4.31.